The van der Waals surface area contributed by atoms with E-state index in [0.717, 1.165) is 17.8 Å². The monoisotopic (exact) mass is 266 g/mol. The van der Waals surface area contributed by atoms with E-state index in [0.29, 0.717) is 11.2 Å². The van der Waals surface area contributed by atoms with Crippen molar-refractivity contribution in [1.29, 1.82) is 0 Å². The number of aliphatic imine (C=N–C) groups is 2. The van der Waals surface area contributed by atoms with Gasteiger partial charge in [-0.3, -0.25) is 9.98 Å². The van der Waals surface area contributed by atoms with E-state index in [1.54, 1.807) is 0 Å². The molecule has 1 aliphatic rings. The first-order valence-corrected chi connectivity index (χ1v) is 7.57. The first kappa shape index (κ1) is 17.2. The highest BCUT2D eigenvalue weighted by Crippen LogP contribution is 2.32. The number of rotatable bonds is 3. The molecular formula is C15H26N2S. The van der Waals surface area contributed by atoms with Gasteiger partial charge in [-0.15, -0.1) is 11.8 Å². The minimum atomic E-state index is 0.466. The number of allylic oxidation sites excluding steroid dienone is 2. The van der Waals surface area contributed by atoms with Crippen molar-refractivity contribution in [2.24, 2.45) is 15.9 Å². The molecule has 1 aliphatic heterocycles. The second-order valence-corrected chi connectivity index (χ2v) is 5.10. The van der Waals surface area contributed by atoms with E-state index >= 15 is 0 Å². The predicted molar refractivity (Wildman–Crippen MR) is 86.9 cm³/mol. The maximum absolute atomic E-state index is 4.47. The standard InChI is InChI=1S/C13H20N2S.C2H6/c1-5-15-12(9-11(3)14-4)13-8-10(2)6-7-16-13;1-2/h5-7,9-10,13H,8H2,1-4H3;1-2H3/b12-9-,14-11?,15-5?;. The molecule has 0 spiro atoms. The smallest absolute Gasteiger partial charge is 0.0551 e. The average Bonchev–Trinajstić information content (AvgIpc) is 2.40. The van der Waals surface area contributed by atoms with Crippen LogP contribution in [0.25, 0.3) is 0 Å². The Morgan fingerprint density at radius 2 is 2.06 bits per heavy atom. The highest BCUT2D eigenvalue weighted by Gasteiger charge is 2.19. The number of thioether (sulfide) groups is 1. The molecule has 0 aromatic rings. The molecule has 2 nitrogen and oxygen atoms in total. The Morgan fingerprint density at radius 3 is 2.56 bits per heavy atom. The van der Waals surface area contributed by atoms with Gasteiger partial charge in [-0.05, 0) is 37.7 Å². The SMILES string of the molecule is CC.CC=N/C(=C\C(C)=NC)C1CC(C)C=CS1. The third-order valence-corrected chi connectivity index (χ3v) is 3.63. The summed E-state index contributed by atoms with van der Waals surface area (Å²) in [6.45, 7) is 10.2. The van der Waals surface area contributed by atoms with Gasteiger partial charge in [0.25, 0.3) is 0 Å². The molecule has 0 saturated carbocycles. The van der Waals surface area contributed by atoms with Crippen LogP contribution in [0, 0.1) is 5.92 Å². The molecular weight excluding hydrogens is 240 g/mol. The molecule has 0 amide bonds. The molecule has 0 fully saturated rings. The molecule has 2 atom stereocenters. The molecule has 0 bridgehead atoms. The van der Waals surface area contributed by atoms with Gasteiger partial charge in [0.1, 0.15) is 0 Å². The van der Waals surface area contributed by atoms with Crippen molar-refractivity contribution in [3.8, 4) is 0 Å². The van der Waals surface area contributed by atoms with E-state index in [-0.39, 0.29) is 0 Å². The molecule has 18 heavy (non-hydrogen) atoms. The van der Waals surface area contributed by atoms with Gasteiger partial charge < -0.3 is 0 Å². The Balaban J connectivity index is 0.00000137. The molecule has 102 valence electrons. The quantitative estimate of drug-likeness (QED) is 0.678. The normalized spacial score (nSPS) is 25.0. The van der Waals surface area contributed by atoms with Crippen molar-refractivity contribution in [2.75, 3.05) is 7.05 Å². The Morgan fingerprint density at radius 1 is 1.39 bits per heavy atom. The van der Waals surface area contributed by atoms with Crippen LogP contribution in [0.3, 0.4) is 0 Å². The fraction of sp³-hybridized carbons (Fsp3) is 0.600. The minimum absolute atomic E-state index is 0.466. The Hall–Kier alpha value is -0.830. The van der Waals surface area contributed by atoms with Gasteiger partial charge in [0.15, 0.2) is 0 Å². The summed E-state index contributed by atoms with van der Waals surface area (Å²) in [5.41, 5.74) is 2.16. The molecule has 0 aliphatic carbocycles. The molecule has 0 aromatic carbocycles. The van der Waals surface area contributed by atoms with Gasteiger partial charge >= 0.3 is 0 Å². The van der Waals surface area contributed by atoms with Crippen LogP contribution < -0.4 is 0 Å². The Labute approximate surface area is 116 Å². The van der Waals surface area contributed by atoms with E-state index in [1.807, 2.05) is 52.7 Å². The van der Waals surface area contributed by atoms with E-state index in [4.69, 9.17) is 0 Å². The highest BCUT2D eigenvalue weighted by atomic mass is 32.2. The third-order valence-electron chi connectivity index (χ3n) is 2.55. The van der Waals surface area contributed by atoms with Crippen molar-refractivity contribution in [1.82, 2.24) is 0 Å². The molecule has 0 N–H and O–H groups in total. The minimum Gasteiger partial charge on any atom is -0.293 e. The van der Waals surface area contributed by atoms with Crippen molar-refractivity contribution >= 4 is 23.7 Å². The lowest BCUT2D eigenvalue weighted by Crippen LogP contribution is -2.13. The third kappa shape index (κ3) is 6.20. The lowest BCUT2D eigenvalue weighted by molar-refractivity contribution is 0.648. The van der Waals surface area contributed by atoms with Crippen LogP contribution in [0.1, 0.15) is 41.0 Å². The van der Waals surface area contributed by atoms with E-state index < -0.39 is 0 Å². The average molecular weight is 266 g/mol. The van der Waals surface area contributed by atoms with E-state index in [1.165, 1.54) is 0 Å². The Kier molecular flexibility index (Phi) is 9.66. The fourth-order valence-electron chi connectivity index (χ4n) is 1.58. The van der Waals surface area contributed by atoms with Crippen LogP contribution >= 0.6 is 11.8 Å². The maximum atomic E-state index is 4.47. The number of hydrogen-bond acceptors (Lipinski definition) is 3. The molecule has 1 rings (SSSR count). The molecule has 0 aromatic heterocycles. The molecule has 0 saturated heterocycles. The lowest BCUT2D eigenvalue weighted by atomic mass is 10.0. The van der Waals surface area contributed by atoms with Gasteiger partial charge in [-0.1, -0.05) is 26.8 Å². The van der Waals surface area contributed by atoms with Crippen molar-refractivity contribution in [3.05, 3.63) is 23.3 Å². The summed E-state index contributed by atoms with van der Waals surface area (Å²) < 4.78 is 0. The predicted octanol–water partition coefficient (Wildman–Crippen LogP) is 4.73. The molecule has 3 heteroatoms. The summed E-state index contributed by atoms with van der Waals surface area (Å²) in [6, 6.07) is 0. The van der Waals surface area contributed by atoms with E-state index in [2.05, 4.69) is 34.5 Å². The van der Waals surface area contributed by atoms with Gasteiger partial charge in [-0.2, -0.15) is 0 Å². The second kappa shape index (κ2) is 10.1. The highest BCUT2D eigenvalue weighted by molar-refractivity contribution is 8.02. The van der Waals surface area contributed by atoms with Crippen LogP contribution in [0.15, 0.2) is 33.2 Å². The van der Waals surface area contributed by atoms with Gasteiger partial charge in [0.2, 0.25) is 0 Å². The van der Waals surface area contributed by atoms with Crippen molar-refractivity contribution in [3.63, 3.8) is 0 Å². The first-order valence-electron chi connectivity index (χ1n) is 6.63. The summed E-state index contributed by atoms with van der Waals surface area (Å²) in [7, 11) is 1.82. The zero-order valence-electron chi connectivity index (χ0n) is 12.5. The van der Waals surface area contributed by atoms with Crippen LogP contribution in [0.5, 0.6) is 0 Å². The van der Waals surface area contributed by atoms with Crippen LogP contribution in [-0.4, -0.2) is 24.2 Å². The maximum Gasteiger partial charge on any atom is 0.0551 e. The molecule has 0 radical (unpaired) electrons. The molecule has 2 unspecified atom stereocenters. The summed E-state index contributed by atoms with van der Waals surface area (Å²) >= 11 is 1.85. The topological polar surface area (TPSA) is 24.7 Å². The number of hydrogen-bond donors (Lipinski definition) is 0. The Bertz CT molecular complexity index is 340. The van der Waals surface area contributed by atoms with Crippen LogP contribution in [0.2, 0.25) is 0 Å². The largest absolute Gasteiger partial charge is 0.293 e. The van der Waals surface area contributed by atoms with Crippen LogP contribution in [0.4, 0.5) is 0 Å². The zero-order chi connectivity index (χ0) is 14.0. The van der Waals surface area contributed by atoms with Gasteiger partial charge in [-0.25, -0.2) is 0 Å². The van der Waals surface area contributed by atoms with Crippen molar-refractivity contribution < 1.29 is 0 Å². The number of nitrogens with zero attached hydrogens (tertiary/aromatic N) is 2. The van der Waals surface area contributed by atoms with Crippen LogP contribution in [-0.2, 0) is 0 Å². The first-order chi connectivity index (χ1) is 8.67. The van der Waals surface area contributed by atoms with Gasteiger partial charge in [0.05, 0.1) is 10.9 Å². The lowest BCUT2D eigenvalue weighted by Gasteiger charge is -2.22. The summed E-state index contributed by atoms with van der Waals surface area (Å²) in [5, 5.41) is 2.66. The summed E-state index contributed by atoms with van der Waals surface area (Å²) in [5.74, 6) is 0.639. The zero-order valence-corrected chi connectivity index (χ0v) is 13.3. The van der Waals surface area contributed by atoms with Gasteiger partial charge in [0, 0.05) is 19.0 Å². The second-order valence-electron chi connectivity index (χ2n) is 3.99. The molecule has 1 heterocycles. The van der Waals surface area contributed by atoms with Crippen molar-refractivity contribution in [2.45, 2.75) is 46.3 Å². The fourth-order valence-corrected chi connectivity index (χ4v) is 2.81. The van der Waals surface area contributed by atoms with E-state index in [9.17, 15) is 0 Å². The summed E-state index contributed by atoms with van der Waals surface area (Å²) in [6.07, 6.45) is 7.36. The summed E-state index contributed by atoms with van der Waals surface area (Å²) in [4.78, 5) is 8.63.